The lowest BCUT2D eigenvalue weighted by atomic mass is 10.0. The summed E-state index contributed by atoms with van der Waals surface area (Å²) in [6, 6.07) is 8.11. The van der Waals surface area contributed by atoms with E-state index < -0.39 is 5.91 Å². The summed E-state index contributed by atoms with van der Waals surface area (Å²) in [5.41, 5.74) is 2.22. The summed E-state index contributed by atoms with van der Waals surface area (Å²) in [5, 5.41) is 21.0. The predicted molar refractivity (Wildman–Crippen MR) is 130 cm³/mol. The van der Waals surface area contributed by atoms with E-state index in [4.69, 9.17) is 10.8 Å². The molecule has 1 atom stereocenters. The molecule has 3 rings (SSSR count). The van der Waals surface area contributed by atoms with Crippen molar-refractivity contribution in [3.8, 4) is 0 Å². The van der Waals surface area contributed by atoms with Gasteiger partial charge < -0.3 is 15.2 Å². The van der Waals surface area contributed by atoms with Gasteiger partial charge in [0.25, 0.3) is 5.91 Å². The van der Waals surface area contributed by atoms with Crippen LogP contribution in [-0.4, -0.2) is 69.2 Å². The van der Waals surface area contributed by atoms with Crippen LogP contribution in [0.2, 0.25) is 0 Å². The average Bonchev–Trinajstić information content (AvgIpc) is 3.13. The highest BCUT2D eigenvalue weighted by Gasteiger charge is 2.33. The maximum atomic E-state index is 12.7. The van der Waals surface area contributed by atoms with E-state index in [1.165, 1.54) is 10.9 Å². The molecule has 1 aromatic carbocycles. The summed E-state index contributed by atoms with van der Waals surface area (Å²) in [5.74, 6) is -0.401. The molecule has 7 nitrogen and oxygen atoms in total. The lowest BCUT2D eigenvalue weighted by molar-refractivity contribution is -0.115. The second kappa shape index (κ2) is 9.87. The van der Waals surface area contributed by atoms with E-state index in [9.17, 15) is 4.79 Å². The Hall–Kier alpha value is -2.32. The van der Waals surface area contributed by atoms with Gasteiger partial charge in [-0.25, -0.2) is 0 Å². The fourth-order valence-electron chi connectivity index (χ4n) is 4.01. The quantitative estimate of drug-likeness (QED) is 0.419. The molecule has 31 heavy (non-hydrogen) atoms. The Bertz CT molecular complexity index is 952. The molecule has 8 heteroatoms. The monoisotopic (exact) mass is 442 g/mol. The number of rotatable bonds is 5. The van der Waals surface area contributed by atoms with Gasteiger partial charge in [-0.3, -0.25) is 20.5 Å². The van der Waals surface area contributed by atoms with Crippen LogP contribution in [0.5, 0.6) is 0 Å². The number of amides is 1. The second-order valence-electron chi connectivity index (χ2n) is 8.91. The SMILES string of the molecule is CCCC(Cc1c[nH]c2ccccc12)NC(=O)C(=N)SC(=N)N1CCN(C)C(C)(C)C1. The molecule has 1 aliphatic heterocycles. The predicted octanol–water partition coefficient (Wildman–Crippen LogP) is 3.67. The van der Waals surface area contributed by atoms with Crippen LogP contribution in [0.1, 0.15) is 39.2 Å². The minimum absolute atomic E-state index is 0.0406. The van der Waals surface area contributed by atoms with Crippen LogP contribution in [0.25, 0.3) is 10.9 Å². The molecule has 1 saturated heterocycles. The van der Waals surface area contributed by atoms with Crippen molar-refractivity contribution in [1.82, 2.24) is 20.1 Å². The third-order valence-corrected chi connectivity index (χ3v) is 6.96. The van der Waals surface area contributed by atoms with Crippen LogP contribution in [0.15, 0.2) is 30.5 Å². The Balaban J connectivity index is 1.58. The van der Waals surface area contributed by atoms with Gasteiger partial charge in [-0.05, 0) is 57.1 Å². The number of thioether (sulfide) groups is 1. The first-order chi connectivity index (χ1) is 14.7. The molecule has 2 aromatic rings. The standard InChI is InChI=1S/C23H34N6OS/c1-5-8-17(13-16-14-26-19-10-7-6-9-18(16)19)27-21(30)20(24)31-22(25)29-12-11-28(4)23(2,3)15-29/h6-7,9-10,14,17,24-26H,5,8,11-13,15H2,1-4H3,(H,27,30). The third-order valence-electron chi connectivity index (χ3n) is 6.12. The van der Waals surface area contributed by atoms with Crippen LogP contribution >= 0.6 is 11.8 Å². The van der Waals surface area contributed by atoms with Gasteiger partial charge in [0, 0.05) is 48.3 Å². The van der Waals surface area contributed by atoms with Crippen molar-refractivity contribution < 1.29 is 4.79 Å². The number of amidine groups is 1. The van der Waals surface area contributed by atoms with E-state index in [0.717, 1.165) is 43.2 Å². The zero-order valence-corrected chi connectivity index (χ0v) is 19.7. The summed E-state index contributed by atoms with van der Waals surface area (Å²) >= 11 is 0.943. The maximum Gasteiger partial charge on any atom is 0.276 e. The number of fused-ring (bicyclic) bond motifs is 1. The van der Waals surface area contributed by atoms with Crippen molar-refractivity contribution in [3.05, 3.63) is 36.0 Å². The summed E-state index contributed by atoms with van der Waals surface area (Å²) in [6.45, 7) is 8.70. The molecule has 4 N–H and O–H groups in total. The van der Waals surface area contributed by atoms with E-state index >= 15 is 0 Å². The summed E-state index contributed by atoms with van der Waals surface area (Å²) in [4.78, 5) is 20.3. The zero-order valence-electron chi connectivity index (χ0n) is 18.9. The van der Waals surface area contributed by atoms with E-state index in [1.54, 1.807) is 0 Å². The number of hydrogen-bond donors (Lipinski definition) is 4. The molecule has 1 fully saturated rings. The molecular formula is C23H34N6OS. The fourth-order valence-corrected chi connectivity index (χ4v) is 4.64. The molecule has 0 bridgehead atoms. The number of aromatic amines is 1. The minimum Gasteiger partial charge on any atom is -0.361 e. The largest absolute Gasteiger partial charge is 0.361 e. The van der Waals surface area contributed by atoms with Crippen molar-refractivity contribution in [2.24, 2.45) is 0 Å². The van der Waals surface area contributed by atoms with Gasteiger partial charge in [-0.1, -0.05) is 31.5 Å². The van der Waals surface area contributed by atoms with E-state index in [1.807, 2.05) is 29.3 Å². The molecule has 0 aliphatic carbocycles. The van der Waals surface area contributed by atoms with Crippen LogP contribution in [0.4, 0.5) is 0 Å². The van der Waals surface area contributed by atoms with E-state index in [2.05, 4.69) is 49.1 Å². The number of H-pyrrole nitrogens is 1. The van der Waals surface area contributed by atoms with Crippen LogP contribution < -0.4 is 5.32 Å². The number of nitrogens with one attached hydrogen (secondary N) is 4. The molecule has 0 spiro atoms. The summed E-state index contributed by atoms with van der Waals surface area (Å²) in [7, 11) is 2.09. The van der Waals surface area contributed by atoms with Gasteiger partial charge in [0.05, 0.1) is 0 Å². The number of piperazine rings is 1. The molecule has 2 heterocycles. The first kappa shape index (κ1) is 23.3. The molecular weight excluding hydrogens is 408 g/mol. The van der Waals surface area contributed by atoms with Crippen LogP contribution in [0, 0.1) is 10.8 Å². The molecule has 1 aromatic heterocycles. The Labute approximate surface area is 189 Å². The van der Waals surface area contributed by atoms with Crippen molar-refractivity contribution in [1.29, 1.82) is 10.8 Å². The third kappa shape index (κ3) is 5.68. The Morgan fingerprint density at radius 3 is 2.74 bits per heavy atom. The molecule has 1 aliphatic rings. The number of benzene rings is 1. The number of carbonyl (C=O) groups is 1. The zero-order chi connectivity index (χ0) is 22.6. The smallest absolute Gasteiger partial charge is 0.276 e. The number of para-hydroxylation sites is 1. The Morgan fingerprint density at radius 1 is 1.29 bits per heavy atom. The number of hydrogen-bond acceptors (Lipinski definition) is 5. The van der Waals surface area contributed by atoms with Gasteiger partial charge in [-0.15, -0.1) is 0 Å². The van der Waals surface area contributed by atoms with Gasteiger partial charge in [0.2, 0.25) is 0 Å². The van der Waals surface area contributed by atoms with Crippen LogP contribution in [-0.2, 0) is 11.2 Å². The molecule has 0 radical (unpaired) electrons. The van der Waals surface area contributed by atoms with Gasteiger partial charge in [0.15, 0.2) is 10.2 Å². The lowest BCUT2D eigenvalue weighted by Crippen LogP contribution is -2.58. The van der Waals surface area contributed by atoms with Gasteiger partial charge in [-0.2, -0.15) is 0 Å². The van der Waals surface area contributed by atoms with Crippen molar-refractivity contribution in [3.63, 3.8) is 0 Å². The number of aromatic nitrogens is 1. The highest BCUT2D eigenvalue weighted by Crippen LogP contribution is 2.23. The van der Waals surface area contributed by atoms with Crippen molar-refractivity contribution in [2.75, 3.05) is 26.7 Å². The molecule has 168 valence electrons. The topological polar surface area (TPSA) is 99.1 Å². The normalized spacial score (nSPS) is 17.5. The average molecular weight is 443 g/mol. The highest BCUT2D eigenvalue weighted by molar-refractivity contribution is 8.27. The number of likely N-dealkylation sites (N-methyl/N-ethyl adjacent to an activating group) is 1. The molecule has 0 saturated carbocycles. The Kier molecular flexibility index (Phi) is 7.43. The van der Waals surface area contributed by atoms with Crippen LogP contribution in [0.3, 0.4) is 0 Å². The number of nitrogens with zero attached hydrogens (tertiary/aromatic N) is 2. The first-order valence-corrected chi connectivity index (χ1v) is 11.7. The van der Waals surface area contributed by atoms with E-state index in [-0.39, 0.29) is 21.8 Å². The van der Waals surface area contributed by atoms with Crippen molar-refractivity contribution in [2.45, 2.75) is 51.6 Å². The van der Waals surface area contributed by atoms with Crippen molar-refractivity contribution >= 4 is 38.8 Å². The first-order valence-electron chi connectivity index (χ1n) is 10.9. The highest BCUT2D eigenvalue weighted by atomic mass is 32.2. The molecule has 1 amide bonds. The summed E-state index contributed by atoms with van der Waals surface area (Å²) < 4.78 is 0. The fraction of sp³-hybridized carbons (Fsp3) is 0.522. The lowest BCUT2D eigenvalue weighted by Gasteiger charge is -2.45. The number of carbonyl (C=O) groups excluding carboxylic acids is 1. The summed E-state index contributed by atoms with van der Waals surface area (Å²) in [6.07, 6.45) is 4.50. The minimum atomic E-state index is -0.401. The molecule has 1 unspecified atom stereocenters. The second-order valence-corrected chi connectivity index (χ2v) is 9.91. The van der Waals surface area contributed by atoms with Gasteiger partial charge in [0.1, 0.15) is 0 Å². The maximum absolute atomic E-state index is 12.7. The van der Waals surface area contributed by atoms with E-state index in [0.29, 0.717) is 13.0 Å². The Morgan fingerprint density at radius 2 is 2.03 bits per heavy atom. The van der Waals surface area contributed by atoms with Gasteiger partial charge >= 0.3 is 0 Å².